The van der Waals surface area contributed by atoms with E-state index in [9.17, 15) is 9.59 Å². The molecule has 6 nitrogen and oxygen atoms in total. The van der Waals surface area contributed by atoms with Crippen molar-refractivity contribution in [3.8, 4) is 0 Å². The number of hydrogen-bond donors (Lipinski definition) is 0. The number of imide groups is 1. The molecule has 7 heteroatoms. The Labute approximate surface area is 84.9 Å². The largest absolute Gasteiger partial charge is 0.331 e. The highest BCUT2D eigenvalue weighted by molar-refractivity contribution is 6.66. The summed E-state index contributed by atoms with van der Waals surface area (Å²) in [5.74, 6) is -0.106. The first-order valence-corrected chi connectivity index (χ1v) is 4.27. The molecule has 0 spiro atoms. The van der Waals surface area contributed by atoms with Gasteiger partial charge >= 0.3 is 6.03 Å². The number of aliphatic imine (C=N–C) groups is 2. The summed E-state index contributed by atoms with van der Waals surface area (Å²) in [6, 6.07) is -1.18. The van der Waals surface area contributed by atoms with E-state index in [1.54, 1.807) is 0 Å². The van der Waals surface area contributed by atoms with Gasteiger partial charge in [-0.15, -0.1) is 0 Å². The Morgan fingerprint density at radius 1 is 1.29 bits per heavy atom. The quantitative estimate of drug-likeness (QED) is 0.528. The second-order valence-corrected chi connectivity index (χ2v) is 3.35. The summed E-state index contributed by atoms with van der Waals surface area (Å²) in [5, 5.41) is 0.00769. The van der Waals surface area contributed by atoms with Crippen molar-refractivity contribution in [2.24, 2.45) is 9.98 Å². The zero-order chi connectivity index (χ0) is 10.5. The number of hydrogen-bond acceptors (Lipinski definition) is 4. The van der Waals surface area contributed by atoms with E-state index in [1.165, 1.54) is 19.0 Å². The van der Waals surface area contributed by atoms with Crippen molar-refractivity contribution in [3.05, 3.63) is 0 Å². The van der Waals surface area contributed by atoms with E-state index >= 15 is 0 Å². The highest BCUT2D eigenvalue weighted by Gasteiger charge is 2.43. The first kappa shape index (κ1) is 9.14. The summed E-state index contributed by atoms with van der Waals surface area (Å²) in [4.78, 5) is 32.9. The van der Waals surface area contributed by atoms with E-state index in [1.807, 2.05) is 0 Å². The Hall–Kier alpha value is -1.43. The van der Waals surface area contributed by atoms with Gasteiger partial charge in [0.15, 0.2) is 11.9 Å². The number of halogens is 1. The number of amidine groups is 2. The van der Waals surface area contributed by atoms with Crippen LogP contribution >= 0.6 is 11.6 Å². The zero-order valence-corrected chi connectivity index (χ0v) is 8.32. The molecule has 14 heavy (non-hydrogen) atoms. The fourth-order valence-corrected chi connectivity index (χ4v) is 1.56. The second-order valence-electron chi connectivity index (χ2n) is 3.01. The molecule has 1 fully saturated rings. The van der Waals surface area contributed by atoms with E-state index in [-0.39, 0.29) is 5.29 Å². The maximum absolute atomic E-state index is 11.5. The first-order valence-electron chi connectivity index (χ1n) is 3.89. The summed E-state index contributed by atoms with van der Waals surface area (Å²) >= 11 is 5.57. The molecule has 0 bridgehead atoms. The van der Waals surface area contributed by atoms with Gasteiger partial charge in [0.25, 0.3) is 5.91 Å². The standard InChI is InChI=1S/C7H7ClN4O2/c1-11-4-3(9-6(8)10-4)5(13)12(2)7(11)14/h3H,1-2H3. The van der Waals surface area contributed by atoms with E-state index in [4.69, 9.17) is 11.6 Å². The fourth-order valence-electron chi connectivity index (χ4n) is 1.37. The van der Waals surface area contributed by atoms with Gasteiger partial charge in [-0.1, -0.05) is 0 Å². The monoisotopic (exact) mass is 214 g/mol. The van der Waals surface area contributed by atoms with Crippen LogP contribution < -0.4 is 0 Å². The number of rotatable bonds is 0. The first-order chi connectivity index (χ1) is 6.52. The molecule has 0 saturated carbocycles. The van der Waals surface area contributed by atoms with Crippen LogP contribution in [0, 0.1) is 0 Å². The van der Waals surface area contributed by atoms with Crippen molar-refractivity contribution in [2.45, 2.75) is 6.04 Å². The number of likely N-dealkylation sites (N-methyl/N-ethyl adjacent to an activating group) is 2. The van der Waals surface area contributed by atoms with Gasteiger partial charge < -0.3 is 0 Å². The molecule has 0 aromatic rings. The number of urea groups is 1. The van der Waals surface area contributed by atoms with Crippen molar-refractivity contribution in [1.29, 1.82) is 0 Å². The predicted octanol–water partition coefficient (Wildman–Crippen LogP) is -0.114. The topological polar surface area (TPSA) is 65.3 Å². The van der Waals surface area contributed by atoms with Gasteiger partial charge in [0.2, 0.25) is 5.29 Å². The van der Waals surface area contributed by atoms with E-state index < -0.39 is 18.0 Å². The summed E-state index contributed by atoms with van der Waals surface area (Å²) in [7, 11) is 2.93. The summed E-state index contributed by atoms with van der Waals surface area (Å²) < 4.78 is 0. The van der Waals surface area contributed by atoms with Crippen molar-refractivity contribution >= 4 is 34.7 Å². The van der Waals surface area contributed by atoms with E-state index in [0.717, 1.165) is 4.90 Å². The molecule has 2 aliphatic rings. The number of carbonyl (C=O) groups is 2. The smallest absolute Gasteiger partial charge is 0.282 e. The normalized spacial score (nSPS) is 26.4. The molecule has 0 aromatic heterocycles. The molecule has 74 valence electrons. The highest BCUT2D eigenvalue weighted by Crippen LogP contribution is 2.19. The van der Waals surface area contributed by atoms with Crippen molar-refractivity contribution < 1.29 is 9.59 Å². The third-order valence-corrected chi connectivity index (χ3v) is 2.35. The second kappa shape index (κ2) is 2.78. The lowest BCUT2D eigenvalue weighted by Crippen LogP contribution is -2.58. The Bertz CT molecular complexity index is 389. The molecular weight excluding hydrogens is 208 g/mol. The van der Waals surface area contributed by atoms with Gasteiger partial charge in [-0.3, -0.25) is 14.6 Å². The van der Waals surface area contributed by atoms with Crippen LogP contribution in [0.15, 0.2) is 9.98 Å². The van der Waals surface area contributed by atoms with Gasteiger partial charge in [0.05, 0.1) is 0 Å². The van der Waals surface area contributed by atoms with Crippen molar-refractivity contribution in [3.63, 3.8) is 0 Å². The Balaban J connectivity index is 2.44. The number of carbonyl (C=O) groups excluding carboxylic acids is 2. The molecule has 1 atom stereocenters. The van der Waals surface area contributed by atoms with Crippen molar-refractivity contribution in [1.82, 2.24) is 9.80 Å². The lowest BCUT2D eigenvalue weighted by Gasteiger charge is -2.31. The maximum atomic E-state index is 11.5. The average molecular weight is 215 g/mol. The molecule has 2 aliphatic heterocycles. The van der Waals surface area contributed by atoms with Gasteiger partial charge in [-0.05, 0) is 11.6 Å². The van der Waals surface area contributed by atoms with Crippen LogP contribution in [0.5, 0.6) is 0 Å². The van der Waals surface area contributed by atoms with E-state index in [0.29, 0.717) is 5.84 Å². The maximum Gasteiger partial charge on any atom is 0.331 e. The zero-order valence-electron chi connectivity index (χ0n) is 7.56. The van der Waals surface area contributed by atoms with Crippen LogP contribution in [-0.2, 0) is 4.79 Å². The SMILES string of the molecule is CN1C(=O)C2N=C(Cl)N=C2N(C)C1=O. The molecule has 1 unspecified atom stereocenters. The molecule has 0 aliphatic carbocycles. The van der Waals surface area contributed by atoms with Crippen molar-refractivity contribution in [2.75, 3.05) is 14.1 Å². The van der Waals surface area contributed by atoms with Gasteiger partial charge in [0.1, 0.15) is 0 Å². The third kappa shape index (κ3) is 1.04. The molecular formula is C7H7ClN4O2. The molecule has 2 heterocycles. The Morgan fingerprint density at radius 3 is 2.57 bits per heavy atom. The van der Waals surface area contributed by atoms with Crippen LogP contribution in [0.3, 0.4) is 0 Å². The Morgan fingerprint density at radius 2 is 1.93 bits per heavy atom. The highest BCUT2D eigenvalue weighted by atomic mass is 35.5. The summed E-state index contributed by atoms with van der Waals surface area (Å²) in [6.07, 6.45) is 0. The van der Waals surface area contributed by atoms with Gasteiger partial charge in [0, 0.05) is 14.1 Å². The average Bonchev–Trinajstić information content (AvgIpc) is 2.54. The minimum atomic E-state index is -0.754. The van der Waals surface area contributed by atoms with Gasteiger partial charge in [-0.2, -0.15) is 0 Å². The minimum Gasteiger partial charge on any atom is -0.282 e. The number of nitrogens with zero attached hydrogens (tertiary/aromatic N) is 4. The molecule has 1 saturated heterocycles. The van der Waals surface area contributed by atoms with Crippen LogP contribution in [0.25, 0.3) is 0 Å². The molecule has 0 N–H and O–H groups in total. The summed E-state index contributed by atoms with van der Waals surface area (Å²) in [6.45, 7) is 0. The lowest BCUT2D eigenvalue weighted by atomic mass is 10.2. The van der Waals surface area contributed by atoms with Gasteiger partial charge in [-0.25, -0.2) is 14.8 Å². The van der Waals surface area contributed by atoms with Crippen LogP contribution in [0.1, 0.15) is 0 Å². The van der Waals surface area contributed by atoms with Crippen LogP contribution in [0.4, 0.5) is 4.79 Å². The lowest BCUT2D eigenvalue weighted by molar-refractivity contribution is -0.128. The number of fused-ring (bicyclic) bond motifs is 1. The molecule has 2 rings (SSSR count). The van der Waals surface area contributed by atoms with E-state index in [2.05, 4.69) is 9.98 Å². The van der Waals surface area contributed by atoms with Crippen LogP contribution in [-0.4, -0.2) is 53.0 Å². The molecule has 0 aromatic carbocycles. The number of amides is 3. The fraction of sp³-hybridized carbons (Fsp3) is 0.429. The Kier molecular flexibility index (Phi) is 1.81. The molecule has 0 radical (unpaired) electrons. The molecule has 3 amide bonds. The third-order valence-electron chi connectivity index (χ3n) is 2.17. The summed E-state index contributed by atoms with van der Waals surface area (Å²) in [5.41, 5.74) is 0. The predicted molar refractivity (Wildman–Crippen MR) is 50.4 cm³/mol. The minimum absolute atomic E-state index is 0.00769. The van der Waals surface area contributed by atoms with Crippen LogP contribution in [0.2, 0.25) is 0 Å².